The van der Waals surface area contributed by atoms with Crippen molar-refractivity contribution in [3.63, 3.8) is 0 Å². The van der Waals surface area contributed by atoms with Crippen molar-refractivity contribution in [1.29, 1.82) is 0 Å². The summed E-state index contributed by atoms with van der Waals surface area (Å²) in [5.41, 5.74) is 3.66. The van der Waals surface area contributed by atoms with Gasteiger partial charge in [0.2, 0.25) is 0 Å². The number of aromatic carboxylic acids is 1. The van der Waals surface area contributed by atoms with E-state index in [2.05, 4.69) is 9.97 Å². The zero-order chi connectivity index (χ0) is 20.9. The second-order valence-corrected chi connectivity index (χ2v) is 6.89. The summed E-state index contributed by atoms with van der Waals surface area (Å²) in [6.45, 7) is 6.02. The molecular weight excluding hydrogens is 372 g/mol. The van der Waals surface area contributed by atoms with E-state index in [1.54, 1.807) is 27.1 Å². The van der Waals surface area contributed by atoms with Crippen LogP contribution in [-0.4, -0.2) is 30.4 Å². The SMILES string of the molecule is CCn1c(-c2ccc(-c3c(C)on(C)c3=O)cn2)cc2cc(C)nc(C(=O)O)c21. The topological polar surface area (TPSA) is 103 Å². The van der Waals surface area contributed by atoms with Gasteiger partial charge in [-0.15, -0.1) is 0 Å². The zero-order valence-electron chi connectivity index (χ0n) is 16.6. The van der Waals surface area contributed by atoms with E-state index in [4.69, 9.17) is 4.52 Å². The number of aryl methyl sites for hydroxylation is 4. The van der Waals surface area contributed by atoms with Gasteiger partial charge in [0.1, 0.15) is 5.76 Å². The number of rotatable bonds is 4. The van der Waals surface area contributed by atoms with E-state index in [1.807, 2.05) is 35.8 Å². The molecule has 0 saturated carbocycles. The van der Waals surface area contributed by atoms with Gasteiger partial charge < -0.3 is 14.2 Å². The number of fused-ring (bicyclic) bond motifs is 1. The Hall–Kier alpha value is -3.68. The minimum atomic E-state index is -1.06. The van der Waals surface area contributed by atoms with Gasteiger partial charge in [-0.1, -0.05) is 6.07 Å². The van der Waals surface area contributed by atoms with E-state index in [0.717, 1.165) is 11.1 Å². The van der Waals surface area contributed by atoms with Crippen LogP contribution in [-0.2, 0) is 13.6 Å². The molecule has 148 valence electrons. The van der Waals surface area contributed by atoms with Crippen molar-refractivity contribution in [3.8, 4) is 22.5 Å². The molecule has 8 nitrogen and oxygen atoms in total. The molecule has 0 aliphatic rings. The molecule has 0 aromatic carbocycles. The Balaban J connectivity index is 1.88. The molecule has 4 rings (SSSR count). The minimum absolute atomic E-state index is 0.0299. The molecule has 4 aromatic rings. The molecule has 0 atom stereocenters. The van der Waals surface area contributed by atoms with E-state index in [-0.39, 0.29) is 11.3 Å². The van der Waals surface area contributed by atoms with Crippen molar-refractivity contribution in [2.45, 2.75) is 27.3 Å². The quantitative estimate of drug-likeness (QED) is 0.571. The Morgan fingerprint density at radius 1 is 1.24 bits per heavy atom. The predicted molar refractivity (Wildman–Crippen MR) is 108 cm³/mol. The second-order valence-electron chi connectivity index (χ2n) is 6.89. The molecule has 0 unspecified atom stereocenters. The van der Waals surface area contributed by atoms with Crippen LogP contribution in [0.25, 0.3) is 33.4 Å². The molecule has 29 heavy (non-hydrogen) atoms. The molecule has 0 bridgehead atoms. The highest BCUT2D eigenvalue weighted by atomic mass is 16.5. The first-order chi connectivity index (χ1) is 13.8. The normalized spacial score (nSPS) is 11.3. The Labute approximate surface area is 166 Å². The van der Waals surface area contributed by atoms with Crippen molar-refractivity contribution < 1.29 is 14.4 Å². The molecule has 8 heteroatoms. The van der Waals surface area contributed by atoms with Crippen molar-refractivity contribution in [3.05, 3.63) is 58.0 Å². The fraction of sp³-hybridized carbons (Fsp3) is 0.238. The van der Waals surface area contributed by atoms with Crippen LogP contribution in [0.1, 0.15) is 28.9 Å². The first kappa shape index (κ1) is 18.7. The second kappa shape index (κ2) is 6.73. The molecule has 0 aliphatic carbocycles. The lowest BCUT2D eigenvalue weighted by molar-refractivity contribution is 0.0692. The van der Waals surface area contributed by atoms with Gasteiger partial charge >= 0.3 is 5.97 Å². The fourth-order valence-corrected chi connectivity index (χ4v) is 3.74. The van der Waals surface area contributed by atoms with Crippen LogP contribution < -0.4 is 5.56 Å². The number of carboxylic acids is 1. The Morgan fingerprint density at radius 3 is 2.55 bits per heavy atom. The van der Waals surface area contributed by atoms with Gasteiger partial charge in [-0.3, -0.25) is 9.78 Å². The third-order valence-corrected chi connectivity index (χ3v) is 4.96. The number of hydrogen-bond acceptors (Lipinski definition) is 5. The van der Waals surface area contributed by atoms with Gasteiger partial charge in [0.25, 0.3) is 5.56 Å². The molecule has 0 fully saturated rings. The van der Waals surface area contributed by atoms with Crippen LogP contribution in [0.2, 0.25) is 0 Å². The number of carbonyl (C=O) groups is 1. The molecular formula is C21H20N4O4. The van der Waals surface area contributed by atoms with Crippen LogP contribution in [0.5, 0.6) is 0 Å². The first-order valence-corrected chi connectivity index (χ1v) is 9.19. The summed E-state index contributed by atoms with van der Waals surface area (Å²) in [6, 6.07) is 7.43. The monoisotopic (exact) mass is 392 g/mol. The van der Waals surface area contributed by atoms with E-state index >= 15 is 0 Å². The molecule has 1 N–H and O–H groups in total. The summed E-state index contributed by atoms with van der Waals surface area (Å²) >= 11 is 0. The van der Waals surface area contributed by atoms with Gasteiger partial charge in [-0.05, 0) is 39.0 Å². The van der Waals surface area contributed by atoms with Gasteiger partial charge in [-0.25, -0.2) is 9.78 Å². The maximum absolute atomic E-state index is 12.3. The van der Waals surface area contributed by atoms with Gasteiger partial charge in [0, 0.05) is 36.4 Å². The Morgan fingerprint density at radius 2 is 2.00 bits per heavy atom. The highest BCUT2D eigenvalue weighted by Gasteiger charge is 2.20. The fourth-order valence-electron chi connectivity index (χ4n) is 3.74. The lowest BCUT2D eigenvalue weighted by Crippen LogP contribution is -2.11. The molecule has 0 spiro atoms. The van der Waals surface area contributed by atoms with Crippen LogP contribution in [0.15, 0.2) is 39.8 Å². The lowest BCUT2D eigenvalue weighted by Gasteiger charge is -2.09. The molecule has 4 aromatic heterocycles. The highest BCUT2D eigenvalue weighted by Crippen LogP contribution is 2.30. The lowest BCUT2D eigenvalue weighted by atomic mass is 10.1. The number of carboxylic acid groups (broad SMARTS) is 1. The van der Waals surface area contributed by atoms with E-state index < -0.39 is 5.97 Å². The molecule has 0 radical (unpaired) electrons. The van der Waals surface area contributed by atoms with Crippen LogP contribution >= 0.6 is 0 Å². The molecule has 4 heterocycles. The smallest absolute Gasteiger partial charge is 0.356 e. The number of pyridine rings is 2. The van der Waals surface area contributed by atoms with Gasteiger partial charge in [0.05, 0.1) is 22.5 Å². The summed E-state index contributed by atoms with van der Waals surface area (Å²) in [5, 5.41) is 10.4. The minimum Gasteiger partial charge on any atom is -0.476 e. The van der Waals surface area contributed by atoms with Gasteiger partial charge in [-0.2, -0.15) is 4.74 Å². The highest BCUT2D eigenvalue weighted by molar-refractivity contribution is 6.02. The van der Waals surface area contributed by atoms with Crippen molar-refractivity contribution in [2.75, 3.05) is 0 Å². The summed E-state index contributed by atoms with van der Waals surface area (Å²) in [4.78, 5) is 32.7. The molecule has 0 amide bonds. The molecule has 0 aliphatic heterocycles. The van der Waals surface area contributed by atoms with E-state index in [9.17, 15) is 14.7 Å². The first-order valence-electron chi connectivity index (χ1n) is 9.19. The van der Waals surface area contributed by atoms with E-state index in [0.29, 0.717) is 40.3 Å². The zero-order valence-corrected chi connectivity index (χ0v) is 16.6. The summed E-state index contributed by atoms with van der Waals surface area (Å²) in [6.07, 6.45) is 1.63. The average Bonchev–Trinajstić information content (AvgIpc) is 3.17. The van der Waals surface area contributed by atoms with Crippen LogP contribution in [0.3, 0.4) is 0 Å². The predicted octanol–water partition coefficient (Wildman–Crippen LogP) is 3.39. The van der Waals surface area contributed by atoms with Crippen LogP contribution in [0, 0.1) is 13.8 Å². The summed E-state index contributed by atoms with van der Waals surface area (Å²) in [5.74, 6) is -0.532. The number of hydrogen-bond donors (Lipinski definition) is 1. The Bertz CT molecular complexity index is 1310. The largest absolute Gasteiger partial charge is 0.476 e. The van der Waals surface area contributed by atoms with Crippen molar-refractivity contribution in [2.24, 2.45) is 7.05 Å². The Kier molecular flexibility index (Phi) is 4.34. The maximum Gasteiger partial charge on any atom is 0.356 e. The standard InChI is InChI=1S/C21H20N4O4/c1-5-25-16(9-14-8-11(2)23-18(19(14)25)21(27)28)15-7-6-13(10-22-15)17-12(3)29-24(4)20(17)26/h6-10H,5H2,1-4H3,(H,27,28). The number of aromatic nitrogens is 4. The summed E-state index contributed by atoms with van der Waals surface area (Å²) in [7, 11) is 1.57. The molecule has 0 saturated heterocycles. The van der Waals surface area contributed by atoms with Gasteiger partial charge in [0.15, 0.2) is 5.69 Å². The van der Waals surface area contributed by atoms with Crippen LogP contribution in [0.4, 0.5) is 0 Å². The average molecular weight is 392 g/mol. The maximum atomic E-state index is 12.3. The summed E-state index contributed by atoms with van der Waals surface area (Å²) < 4.78 is 8.44. The van der Waals surface area contributed by atoms with Crippen molar-refractivity contribution >= 4 is 16.9 Å². The van der Waals surface area contributed by atoms with Crippen molar-refractivity contribution in [1.82, 2.24) is 19.3 Å². The third kappa shape index (κ3) is 2.93. The third-order valence-electron chi connectivity index (χ3n) is 4.96. The number of nitrogens with zero attached hydrogens (tertiary/aromatic N) is 4. The van der Waals surface area contributed by atoms with E-state index in [1.165, 1.54) is 4.74 Å².